The van der Waals surface area contributed by atoms with E-state index in [2.05, 4.69) is 0 Å². The van der Waals surface area contributed by atoms with Crippen LogP contribution in [-0.2, 0) is 45.1 Å². The van der Waals surface area contributed by atoms with Crippen LogP contribution in [0.15, 0.2) is 24.3 Å². The van der Waals surface area contributed by atoms with Crippen molar-refractivity contribution in [2.24, 2.45) is 0 Å². The molecule has 0 spiro atoms. The van der Waals surface area contributed by atoms with Crippen molar-refractivity contribution < 1.29 is 28.5 Å². The van der Waals surface area contributed by atoms with Crippen molar-refractivity contribution in [2.45, 2.75) is 39.9 Å². The van der Waals surface area contributed by atoms with Gasteiger partial charge in [-0.2, -0.15) is 0 Å². The van der Waals surface area contributed by atoms with Crippen LogP contribution >= 0.6 is 0 Å². The Kier molecular flexibility index (Phi) is 8.46. The molecule has 4 bridgehead atoms. The summed E-state index contributed by atoms with van der Waals surface area (Å²) in [7, 11) is 3.26. The molecule has 0 N–H and O–H groups in total. The minimum atomic E-state index is 0.0982. The van der Waals surface area contributed by atoms with Gasteiger partial charge in [-0.25, -0.2) is 0 Å². The van der Waals surface area contributed by atoms with Crippen molar-refractivity contribution in [1.29, 1.82) is 0 Å². The molecule has 2 aromatic rings. The van der Waals surface area contributed by atoms with Crippen molar-refractivity contribution in [1.82, 2.24) is 0 Å². The third-order valence-corrected chi connectivity index (χ3v) is 5.22. The number of carbonyl (C=O) groups is 1. The van der Waals surface area contributed by atoms with E-state index >= 15 is 0 Å². The molecule has 0 amide bonds. The maximum absolute atomic E-state index is 13.1. The van der Waals surface area contributed by atoms with Crippen LogP contribution in [0.3, 0.4) is 0 Å². The highest BCUT2D eigenvalue weighted by molar-refractivity contribution is 5.84. The van der Waals surface area contributed by atoms with Crippen molar-refractivity contribution in [2.75, 3.05) is 40.6 Å². The number of ether oxygens (including phenoxy) is 5. The molecule has 0 aromatic heterocycles. The quantitative estimate of drug-likeness (QED) is 0.726. The van der Waals surface area contributed by atoms with E-state index in [9.17, 15) is 4.79 Å². The zero-order chi connectivity index (χ0) is 22.2. The zero-order valence-electron chi connectivity index (χ0n) is 18.9. The standard InChI is InChI=1S/C25H32O6/c1-17-9-19-13-23(26)14-20-10-18(2)12-22(25(20)28-4)16-31-8-6-29-5-7-30-15-21(11-17)24(19)27-3/h9-12H,5-8,13-16H2,1-4H3. The highest BCUT2D eigenvalue weighted by atomic mass is 16.5. The number of hydrogen-bond acceptors (Lipinski definition) is 6. The first-order chi connectivity index (χ1) is 15.0. The Morgan fingerprint density at radius 3 is 1.45 bits per heavy atom. The SMILES string of the molecule is COc1c2cc(C)cc1CC(=O)Cc1cc(C)cc(c1OC)COCCOCCOC2. The summed E-state index contributed by atoms with van der Waals surface area (Å²) in [5.74, 6) is 1.53. The normalized spacial score (nSPS) is 16.3. The van der Waals surface area contributed by atoms with Crippen molar-refractivity contribution in [3.8, 4) is 11.5 Å². The van der Waals surface area contributed by atoms with E-state index < -0.39 is 0 Å². The molecule has 168 valence electrons. The minimum Gasteiger partial charge on any atom is -0.496 e. The predicted octanol–water partition coefficient (Wildman–Crippen LogP) is 3.74. The zero-order valence-corrected chi connectivity index (χ0v) is 18.9. The number of ketones is 1. The van der Waals surface area contributed by atoms with E-state index in [-0.39, 0.29) is 18.6 Å². The van der Waals surface area contributed by atoms with Crippen LogP contribution in [-0.4, -0.2) is 46.4 Å². The number of methoxy groups -OCH3 is 2. The van der Waals surface area contributed by atoms with E-state index in [1.807, 2.05) is 38.1 Å². The molecular formula is C25H32O6. The number of rotatable bonds is 2. The van der Waals surface area contributed by atoms with Gasteiger partial charge in [0.25, 0.3) is 0 Å². The molecule has 0 saturated carbocycles. The molecule has 0 saturated heterocycles. The Morgan fingerprint density at radius 2 is 1.03 bits per heavy atom. The first-order valence-corrected chi connectivity index (χ1v) is 10.6. The van der Waals surface area contributed by atoms with Crippen LogP contribution in [0, 0.1) is 13.8 Å². The monoisotopic (exact) mass is 428 g/mol. The first kappa shape index (κ1) is 23.3. The number of aryl methyl sites for hydroxylation is 2. The van der Waals surface area contributed by atoms with E-state index in [0.29, 0.717) is 51.1 Å². The minimum absolute atomic E-state index is 0.0982. The molecule has 31 heavy (non-hydrogen) atoms. The molecule has 1 aliphatic heterocycles. The van der Waals surface area contributed by atoms with Gasteiger partial charge in [-0.05, 0) is 13.8 Å². The Labute approximate surface area is 184 Å². The number of hydrogen-bond donors (Lipinski definition) is 0. The maximum atomic E-state index is 13.1. The van der Waals surface area contributed by atoms with Gasteiger partial charge in [0, 0.05) is 35.1 Å². The van der Waals surface area contributed by atoms with Crippen molar-refractivity contribution in [3.05, 3.63) is 57.6 Å². The lowest BCUT2D eigenvalue weighted by molar-refractivity contribution is -0.117. The van der Waals surface area contributed by atoms with Gasteiger partial charge < -0.3 is 23.7 Å². The molecule has 0 atom stereocenters. The van der Waals surface area contributed by atoms with Crippen LogP contribution in [0.5, 0.6) is 11.5 Å². The number of Topliss-reactive ketones (excluding diaryl/α,β-unsaturated/α-hetero) is 1. The predicted molar refractivity (Wildman–Crippen MR) is 118 cm³/mol. The fraction of sp³-hybridized carbons (Fsp3) is 0.480. The largest absolute Gasteiger partial charge is 0.496 e. The van der Waals surface area contributed by atoms with Gasteiger partial charge in [0.05, 0.1) is 53.9 Å². The molecule has 0 aliphatic carbocycles. The summed E-state index contributed by atoms with van der Waals surface area (Å²) in [5.41, 5.74) is 5.76. The summed E-state index contributed by atoms with van der Waals surface area (Å²) in [4.78, 5) is 13.1. The third-order valence-electron chi connectivity index (χ3n) is 5.22. The van der Waals surface area contributed by atoms with Gasteiger partial charge in [0.2, 0.25) is 0 Å². The fourth-order valence-electron chi connectivity index (χ4n) is 4.05. The van der Waals surface area contributed by atoms with Crippen LogP contribution in [0.4, 0.5) is 0 Å². The summed E-state index contributed by atoms with van der Waals surface area (Å²) < 4.78 is 28.5. The smallest absolute Gasteiger partial charge is 0.141 e. The van der Waals surface area contributed by atoms with Crippen molar-refractivity contribution in [3.63, 3.8) is 0 Å². The summed E-state index contributed by atoms with van der Waals surface area (Å²) >= 11 is 0. The van der Waals surface area contributed by atoms with Gasteiger partial charge in [0.15, 0.2) is 0 Å². The van der Waals surface area contributed by atoms with Crippen LogP contribution < -0.4 is 9.47 Å². The number of benzene rings is 2. The summed E-state index contributed by atoms with van der Waals surface area (Å²) in [6.45, 7) is 6.76. The van der Waals surface area contributed by atoms with Gasteiger partial charge >= 0.3 is 0 Å². The molecular weight excluding hydrogens is 396 g/mol. The second-order valence-corrected chi connectivity index (χ2v) is 7.84. The molecule has 0 radical (unpaired) electrons. The van der Waals surface area contributed by atoms with Gasteiger partial charge in [-0.3, -0.25) is 4.79 Å². The molecule has 6 nitrogen and oxygen atoms in total. The van der Waals surface area contributed by atoms with Gasteiger partial charge in [-0.1, -0.05) is 35.4 Å². The molecule has 1 heterocycles. The second-order valence-electron chi connectivity index (χ2n) is 7.84. The second kappa shape index (κ2) is 11.3. The molecule has 0 fully saturated rings. The van der Waals surface area contributed by atoms with Crippen LogP contribution in [0.1, 0.15) is 33.4 Å². The van der Waals surface area contributed by atoms with Crippen LogP contribution in [0.2, 0.25) is 0 Å². The van der Waals surface area contributed by atoms with Gasteiger partial charge in [-0.15, -0.1) is 0 Å². The topological polar surface area (TPSA) is 63.2 Å². The Bertz CT molecular complexity index is 834. The van der Waals surface area contributed by atoms with E-state index in [1.54, 1.807) is 14.2 Å². The van der Waals surface area contributed by atoms with E-state index in [4.69, 9.17) is 23.7 Å². The lowest BCUT2D eigenvalue weighted by atomic mass is 9.96. The fourth-order valence-corrected chi connectivity index (χ4v) is 4.05. The van der Waals surface area contributed by atoms with Gasteiger partial charge in [0.1, 0.15) is 17.3 Å². The van der Waals surface area contributed by atoms with Crippen molar-refractivity contribution >= 4 is 5.78 Å². The average molecular weight is 429 g/mol. The number of fused-ring (bicyclic) bond motifs is 4. The molecule has 1 aliphatic rings. The first-order valence-electron chi connectivity index (χ1n) is 10.6. The van der Waals surface area contributed by atoms with E-state index in [1.165, 1.54) is 0 Å². The highest BCUT2D eigenvalue weighted by Gasteiger charge is 2.18. The molecule has 6 heteroatoms. The lowest BCUT2D eigenvalue weighted by Gasteiger charge is -2.17. The maximum Gasteiger partial charge on any atom is 0.141 e. The molecule has 2 aromatic carbocycles. The van der Waals surface area contributed by atoms with Crippen LogP contribution in [0.25, 0.3) is 0 Å². The summed E-state index contributed by atoms with van der Waals surface area (Å²) in [6.07, 6.45) is 0.563. The molecule has 0 unspecified atom stereocenters. The summed E-state index contributed by atoms with van der Waals surface area (Å²) in [6, 6.07) is 8.09. The summed E-state index contributed by atoms with van der Waals surface area (Å²) in [5, 5.41) is 0. The molecule has 3 rings (SSSR count). The van der Waals surface area contributed by atoms with E-state index in [0.717, 1.165) is 33.4 Å². The highest BCUT2D eigenvalue weighted by Crippen LogP contribution is 2.30. The average Bonchev–Trinajstić information content (AvgIpc) is 2.71. The third kappa shape index (κ3) is 6.29. The Balaban J connectivity index is 1.94. The number of carbonyl (C=O) groups excluding carboxylic acids is 1. The Hall–Kier alpha value is -2.41. The lowest BCUT2D eigenvalue weighted by Crippen LogP contribution is -2.13. The Morgan fingerprint density at radius 1 is 0.645 bits per heavy atom.